The molecule has 30 heavy (non-hydrogen) atoms. The summed E-state index contributed by atoms with van der Waals surface area (Å²) in [4.78, 5) is 25.0. The Kier molecular flexibility index (Phi) is 8.22. The molecule has 1 radical (unpaired) electrons. The number of anilines is 1. The quantitative estimate of drug-likeness (QED) is 0.395. The number of carbonyl (C=O) groups excluding carboxylic acids is 1. The molecule has 9 nitrogen and oxygen atoms in total. The van der Waals surface area contributed by atoms with Crippen molar-refractivity contribution in [2.24, 2.45) is 0 Å². The van der Waals surface area contributed by atoms with Gasteiger partial charge in [0.25, 0.3) is 5.69 Å². The van der Waals surface area contributed by atoms with Crippen molar-refractivity contribution in [1.29, 1.82) is 0 Å². The van der Waals surface area contributed by atoms with E-state index in [-0.39, 0.29) is 36.0 Å². The summed E-state index contributed by atoms with van der Waals surface area (Å²) < 4.78 is 16.8. The molecular formula is C20H32N3O6Si. The van der Waals surface area contributed by atoms with E-state index in [0.29, 0.717) is 12.1 Å². The largest absolute Gasteiger partial charge is 0.444 e. The van der Waals surface area contributed by atoms with Gasteiger partial charge in [0.2, 0.25) is 9.04 Å². The van der Waals surface area contributed by atoms with E-state index in [0.717, 1.165) is 11.9 Å². The van der Waals surface area contributed by atoms with Crippen molar-refractivity contribution >= 4 is 26.5 Å². The molecule has 0 saturated carbocycles. The highest BCUT2D eigenvalue weighted by molar-refractivity contribution is 6.51. The van der Waals surface area contributed by atoms with E-state index in [9.17, 15) is 14.9 Å². The van der Waals surface area contributed by atoms with Gasteiger partial charge in [-0.2, -0.15) is 0 Å². The van der Waals surface area contributed by atoms with E-state index in [1.807, 2.05) is 19.9 Å². The summed E-state index contributed by atoms with van der Waals surface area (Å²) in [6, 6.07) is 4.79. The Bertz CT molecular complexity index is 745. The van der Waals surface area contributed by atoms with Crippen LogP contribution in [0.25, 0.3) is 0 Å². The maximum atomic E-state index is 11.8. The van der Waals surface area contributed by atoms with Crippen LogP contribution in [0.5, 0.6) is 0 Å². The highest BCUT2D eigenvalue weighted by Crippen LogP contribution is 2.27. The van der Waals surface area contributed by atoms with Gasteiger partial charge in [0.1, 0.15) is 5.60 Å². The SMILES string of the molecule is C[C@H](COCc1cc(N2C[C@@H](C)O[Si](C)C2)cc([N+](=O)[O-])c1)NC(=O)OC(C)(C)C. The number of alkyl carbamates (subject to hydrolysis) is 1. The third-order valence-electron chi connectivity index (χ3n) is 4.23. The van der Waals surface area contributed by atoms with Gasteiger partial charge in [-0.05, 0) is 52.8 Å². The Balaban J connectivity index is 1.99. The van der Waals surface area contributed by atoms with Gasteiger partial charge in [-0.1, -0.05) is 0 Å². The van der Waals surface area contributed by atoms with Gasteiger partial charge in [-0.25, -0.2) is 4.79 Å². The van der Waals surface area contributed by atoms with Crippen molar-refractivity contribution in [3.63, 3.8) is 0 Å². The maximum absolute atomic E-state index is 11.8. The highest BCUT2D eigenvalue weighted by Gasteiger charge is 2.26. The highest BCUT2D eigenvalue weighted by atomic mass is 28.3. The van der Waals surface area contributed by atoms with Crippen molar-refractivity contribution in [1.82, 2.24) is 5.32 Å². The topological polar surface area (TPSA) is 103 Å². The molecule has 167 valence electrons. The third-order valence-corrected chi connectivity index (χ3v) is 5.86. The zero-order valence-electron chi connectivity index (χ0n) is 18.6. The van der Waals surface area contributed by atoms with Crippen LogP contribution in [0, 0.1) is 10.1 Å². The molecule has 10 heteroatoms. The fraction of sp³-hybridized carbons (Fsp3) is 0.650. The van der Waals surface area contributed by atoms with Crippen LogP contribution < -0.4 is 10.2 Å². The molecule has 2 atom stereocenters. The number of nitrogens with zero attached hydrogens (tertiary/aromatic N) is 2. The van der Waals surface area contributed by atoms with Crippen LogP contribution in [0.2, 0.25) is 6.55 Å². The van der Waals surface area contributed by atoms with Gasteiger partial charge in [-0.3, -0.25) is 10.1 Å². The van der Waals surface area contributed by atoms with Crippen LogP contribution >= 0.6 is 0 Å². The third kappa shape index (κ3) is 7.92. The molecule has 1 aromatic rings. The number of hydrogen-bond donors (Lipinski definition) is 1. The van der Waals surface area contributed by atoms with Gasteiger partial charge in [0.05, 0.1) is 30.3 Å². The molecule has 1 aliphatic heterocycles. The second-order valence-corrected chi connectivity index (χ2v) is 10.6. The molecule has 1 aliphatic rings. The number of non-ortho nitro benzene ring substituents is 1. The summed E-state index contributed by atoms with van der Waals surface area (Å²) in [5.74, 6) is 0. The molecule has 2 rings (SSSR count). The Morgan fingerprint density at radius 3 is 2.73 bits per heavy atom. The maximum Gasteiger partial charge on any atom is 0.407 e. The summed E-state index contributed by atoms with van der Waals surface area (Å²) >= 11 is 0. The lowest BCUT2D eigenvalue weighted by Gasteiger charge is -2.36. The first-order valence-corrected chi connectivity index (χ1v) is 12.1. The predicted octanol–water partition coefficient (Wildman–Crippen LogP) is 3.41. The van der Waals surface area contributed by atoms with E-state index in [1.165, 1.54) is 6.07 Å². The molecule has 1 saturated heterocycles. The number of nitro benzene ring substituents is 1. The van der Waals surface area contributed by atoms with Crippen molar-refractivity contribution in [3.8, 4) is 0 Å². The summed E-state index contributed by atoms with van der Waals surface area (Å²) in [7, 11) is -0.962. The van der Waals surface area contributed by atoms with Crippen molar-refractivity contribution in [2.75, 3.05) is 24.2 Å². The number of rotatable bonds is 7. The first kappa shape index (κ1) is 24.1. The average molecular weight is 439 g/mol. The lowest BCUT2D eigenvalue weighted by atomic mass is 10.1. The molecule has 1 amide bonds. The number of hydrogen-bond acceptors (Lipinski definition) is 7. The zero-order chi connectivity index (χ0) is 22.5. The fourth-order valence-electron chi connectivity index (χ4n) is 3.19. The second kappa shape index (κ2) is 10.2. The van der Waals surface area contributed by atoms with Crippen LogP contribution in [-0.2, 0) is 20.5 Å². The van der Waals surface area contributed by atoms with Crippen LogP contribution in [-0.4, -0.2) is 57.1 Å². The molecule has 0 aliphatic carbocycles. The summed E-state index contributed by atoms with van der Waals surface area (Å²) in [6.45, 7) is 12.5. The fourth-order valence-corrected chi connectivity index (χ4v) is 4.88. The van der Waals surface area contributed by atoms with E-state index >= 15 is 0 Å². The number of nitro groups is 1. The zero-order valence-corrected chi connectivity index (χ0v) is 19.6. The molecular weight excluding hydrogens is 406 g/mol. The Morgan fingerprint density at radius 2 is 2.13 bits per heavy atom. The van der Waals surface area contributed by atoms with Crippen molar-refractivity contribution in [3.05, 3.63) is 33.9 Å². The van der Waals surface area contributed by atoms with Gasteiger partial charge in [0.15, 0.2) is 0 Å². The first-order chi connectivity index (χ1) is 13.9. The van der Waals surface area contributed by atoms with E-state index in [4.69, 9.17) is 13.9 Å². The molecule has 1 heterocycles. The number of carbonyl (C=O) groups is 1. The lowest BCUT2D eigenvalue weighted by Crippen LogP contribution is -2.48. The van der Waals surface area contributed by atoms with Gasteiger partial charge in [0, 0.05) is 30.5 Å². The van der Waals surface area contributed by atoms with Crippen LogP contribution in [0.4, 0.5) is 16.2 Å². The predicted molar refractivity (Wildman–Crippen MR) is 116 cm³/mol. The summed E-state index contributed by atoms with van der Waals surface area (Å²) in [5, 5.41) is 14.1. The number of ether oxygens (including phenoxy) is 2. The molecule has 0 unspecified atom stereocenters. The minimum atomic E-state index is -0.962. The van der Waals surface area contributed by atoms with E-state index in [2.05, 4.69) is 16.8 Å². The molecule has 1 N–H and O–H groups in total. The number of amides is 1. The Hall–Kier alpha value is -2.17. The summed E-state index contributed by atoms with van der Waals surface area (Å²) in [5.41, 5.74) is 0.991. The van der Waals surface area contributed by atoms with Gasteiger partial charge in [-0.15, -0.1) is 0 Å². The molecule has 0 bridgehead atoms. The summed E-state index contributed by atoms with van der Waals surface area (Å²) in [6.07, 6.45) is 0.360. The number of nitrogens with one attached hydrogen (secondary N) is 1. The Labute approximate surface area is 179 Å². The van der Waals surface area contributed by atoms with Crippen LogP contribution in [0.3, 0.4) is 0 Å². The Morgan fingerprint density at radius 1 is 1.43 bits per heavy atom. The van der Waals surface area contributed by atoms with Crippen LogP contribution in [0.15, 0.2) is 18.2 Å². The van der Waals surface area contributed by atoms with Gasteiger partial charge >= 0.3 is 6.09 Å². The van der Waals surface area contributed by atoms with Crippen molar-refractivity contribution < 1.29 is 23.6 Å². The van der Waals surface area contributed by atoms with Crippen LogP contribution in [0.1, 0.15) is 40.2 Å². The standard InChI is InChI=1S/C20H32N3O6Si/c1-14(21-19(24)28-20(3,4)5)11-27-12-16-7-17(9-18(8-16)23(25)26)22-10-15(2)29-30(6)13-22/h7-9,14-15H,10-13H2,1-6H3,(H,21,24)/t14-,15-/m1/s1. The monoisotopic (exact) mass is 438 g/mol. The normalized spacial score (nSPS) is 18.7. The second-order valence-electron chi connectivity index (χ2n) is 8.69. The van der Waals surface area contributed by atoms with E-state index in [1.54, 1.807) is 26.8 Å². The molecule has 1 aromatic carbocycles. The molecule has 1 fully saturated rings. The van der Waals surface area contributed by atoms with E-state index < -0.39 is 20.7 Å². The minimum absolute atomic E-state index is 0.0371. The number of benzene rings is 1. The minimum Gasteiger partial charge on any atom is -0.444 e. The van der Waals surface area contributed by atoms with Crippen molar-refractivity contribution in [2.45, 2.75) is 65.5 Å². The van der Waals surface area contributed by atoms with Gasteiger partial charge < -0.3 is 24.1 Å². The molecule has 0 spiro atoms. The first-order valence-electron chi connectivity index (χ1n) is 10.0. The average Bonchev–Trinajstić information content (AvgIpc) is 2.58. The smallest absolute Gasteiger partial charge is 0.407 e. The lowest BCUT2D eigenvalue weighted by molar-refractivity contribution is -0.384. The molecule has 0 aromatic heterocycles.